The number of hydrogen-bond acceptors (Lipinski definition) is 4. The number of aromatic amines is 1. The Morgan fingerprint density at radius 1 is 1.00 bits per heavy atom. The number of pyridine rings is 1. The molecule has 4 rings (SSSR count). The zero-order valence-electron chi connectivity index (χ0n) is 22.3. The van der Waals surface area contributed by atoms with E-state index in [2.05, 4.69) is 63.7 Å². The third-order valence-electron chi connectivity index (χ3n) is 6.83. The van der Waals surface area contributed by atoms with Crippen LogP contribution in [0, 0.1) is 0 Å². The van der Waals surface area contributed by atoms with Crippen LogP contribution >= 0.6 is 0 Å². The van der Waals surface area contributed by atoms with Crippen LogP contribution in [0.1, 0.15) is 32.2 Å². The quantitative estimate of drug-likeness (QED) is 0.296. The molecule has 0 spiro atoms. The number of aromatic nitrogens is 2. The molecular formula is C31H35N5O. The number of hydrogen-bond donors (Lipinski definition) is 1. The van der Waals surface area contributed by atoms with Crippen molar-refractivity contribution in [2.24, 2.45) is 4.99 Å². The molecule has 0 bridgehead atoms. The van der Waals surface area contributed by atoms with Gasteiger partial charge in [-0.3, -0.25) is 14.8 Å². The maximum Gasteiger partial charge on any atom is 0.246 e. The first kappa shape index (κ1) is 25.9. The number of carbonyl (C=O) groups excluding carboxylic acids is 1. The van der Waals surface area contributed by atoms with Crippen molar-refractivity contribution in [1.29, 1.82) is 0 Å². The Bertz CT molecular complexity index is 1370. The highest BCUT2D eigenvalue weighted by atomic mass is 16.2. The highest BCUT2D eigenvalue weighted by Crippen LogP contribution is 2.22. The number of fused-ring (bicyclic) bond motifs is 1. The molecule has 190 valence electrons. The molecule has 1 N–H and O–H groups in total. The number of carbonyl (C=O) groups is 1. The first-order chi connectivity index (χ1) is 17.7. The van der Waals surface area contributed by atoms with Crippen LogP contribution in [0.5, 0.6) is 0 Å². The van der Waals surface area contributed by atoms with Crippen LogP contribution in [0.3, 0.4) is 0 Å². The van der Waals surface area contributed by atoms with Gasteiger partial charge < -0.3 is 14.8 Å². The Morgan fingerprint density at radius 3 is 2.38 bits per heavy atom. The topological polar surface area (TPSA) is 64.6 Å². The monoisotopic (exact) mass is 493 g/mol. The molecule has 2 unspecified atom stereocenters. The van der Waals surface area contributed by atoms with Crippen molar-refractivity contribution in [3.63, 3.8) is 0 Å². The second-order valence-corrected chi connectivity index (χ2v) is 9.58. The lowest BCUT2D eigenvalue weighted by Gasteiger charge is -2.32. The molecule has 0 fully saturated rings. The Morgan fingerprint density at radius 2 is 1.70 bits per heavy atom. The number of nitrogens with zero attached hydrogens (tertiary/aromatic N) is 4. The Kier molecular flexibility index (Phi) is 7.87. The summed E-state index contributed by atoms with van der Waals surface area (Å²) in [6.45, 7) is 10.7. The summed E-state index contributed by atoms with van der Waals surface area (Å²) < 4.78 is 0. The third-order valence-corrected chi connectivity index (χ3v) is 6.83. The first-order valence-electron chi connectivity index (χ1n) is 12.6. The van der Waals surface area contributed by atoms with Crippen molar-refractivity contribution in [2.75, 3.05) is 20.6 Å². The average molecular weight is 494 g/mol. The second kappa shape index (κ2) is 11.2. The summed E-state index contributed by atoms with van der Waals surface area (Å²) in [7, 11) is 3.81. The molecule has 37 heavy (non-hydrogen) atoms. The van der Waals surface area contributed by atoms with E-state index in [0.717, 1.165) is 44.8 Å². The van der Waals surface area contributed by atoms with Crippen LogP contribution in [-0.2, 0) is 4.79 Å². The largest absolute Gasteiger partial charge is 0.369 e. The summed E-state index contributed by atoms with van der Waals surface area (Å²) in [5.41, 5.74) is 6.63. The van der Waals surface area contributed by atoms with Gasteiger partial charge >= 0.3 is 0 Å². The maximum atomic E-state index is 13.1. The maximum absolute atomic E-state index is 13.1. The fraction of sp³-hybridized carbons (Fsp3) is 0.258. The van der Waals surface area contributed by atoms with Crippen molar-refractivity contribution in [2.45, 2.75) is 32.9 Å². The molecule has 2 atom stereocenters. The summed E-state index contributed by atoms with van der Waals surface area (Å²) in [6, 6.07) is 24.0. The standard InChI is InChI=1S/C31H35N5O/c1-21(36(6)24(4)28-17-16-27(19-32-28)25-12-8-7-9-13-25)20-35(5)31(37)23(3)33-22(2)30-18-26-14-10-11-15-29(26)34-30/h7-19,21,23,34H,4,20H2,1-3,5-6H3. The SMILES string of the molecule is C=C(c1ccc(-c2ccccc2)cn1)N(C)C(C)CN(C)C(=O)C(C)N=C(C)c1cc2ccccc2[nH]1. The zero-order valence-corrected chi connectivity index (χ0v) is 22.3. The van der Waals surface area contributed by atoms with E-state index in [1.54, 1.807) is 4.90 Å². The number of nitrogens with one attached hydrogen (secondary N) is 1. The number of benzene rings is 2. The second-order valence-electron chi connectivity index (χ2n) is 9.58. The van der Waals surface area contributed by atoms with Gasteiger partial charge in [-0.05, 0) is 44.5 Å². The predicted molar refractivity (Wildman–Crippen MR) is 154 cm³/mol. The fourth-order valence-electron chi connectivity index (χ4n) is 4.42. The van der Waals surface area contributed by atoms with E-state index in [1.165, 1.54) is 0 Å². The predicted octanol–water partition coefficient (Wildman–Crippen LogP) is 5.88. The molecule has 0 aliphatic carbocycles. The van der Waals surface area contributed by atoms with E-state index in [4.69, 9.17) is 0 Å². The van der Waals surface area contributed by atoms with Crippen LogP contribution in [0.25, 0.3) is 27.7 Å². The van der Waals surface area contributed by atoms with Crippen LogP contribution in [0.15, 0.2) is 90.6 Å². The van der Waals surface area contributed by atoms with Crippen LogP contribution in [0.2, 0.25) is 0 Å². The molecule has 0 aliphatic heterocycles. The van der Waals surface area contributed by atoms with E-state index in [1.807, 2.05) is 76.6 Å². The van der Waals surface area contributed by atoms with E-state index in [-0.39, 0.29) is 11.9 Å². The number of H-pyrrole nitrogens is 1. The van der Waals surface area contributed by atoms with Gasteiger partial charge in [0.05, 0.1) is 22.8 Å². The number of aliphatic imine (C=N–C) groups is 1. The molecule has 0 saturated carbocycles. The Hall–Kier alpha value is -4.19. The molecule has 2 aromatic carbocycles. The first-order valence-corrected chi connectivity index (χ1v) is 12.6. The number of para-hydroxylation sites is 1. The Balaban J connectivity index is 1.36. The minimum Gasteiger partial charge on any atom is -0.369 e. The molecule has 2 heterocycles. The third kappa shape index (κ3) is 5.97. The summed E-state index contributed by atoms with van der Waals surface area (Å²) in [5, 5.41) is 1.13. The van der Waals surface area contributed by atoms with E-state index < -0.39 is 6.04 Å². The summed E-state index contributed by atoms with van der Waals surface area (Å²) >= 11 is 0. The molecule has 0 radical (unpaired) electrons. The van der Waals surface area contributed by atoms with Crippen molar-refractivity contribution < 1.29 is 4.79 Å². The van der Waals surface area contributed by atoms with Gasteiger partial charge in [0.1, 0.15) is 6.04 Å². The van der Waals surface area contributed by atoms with Crippen LogP contribution in [-0.4, -0.2) is 64.1 Å². The molecule has 6 nitrogen and oxygen atoms in total. The van der Waals surface area contributed by atoms with E-state index >= 15 is 0 Å². The van der Waals surface area contributed by atoms with Gasteiger partial charge in [0.2, 0.25) is 5.91 Å². The van der Waals surface area contributed by atoms with Crippen molar-refractivity contribution in [3.05, 3.63) is 97.0 Å². The van der Waals surface area contributed by atoms with Crippen LogP contribution < -0.4 is 0 Å². The molecular weight excluding hydrogens is 458 g/mol. The normalized spacial score (nSPS) is 13.3. The molecule has 0 saturated heterocycles. The van der Waals surface area contributed by atoms with Crippen LogP contribution in [0.4, 0.5) is 0 Å². The molecule has 6 heteroatoms. The van der Waals surface area contributed by atoms with Gasteiger partial charge in [0, 0.05) is 49.3 Å². The van der Waals surface area contributed by atoms with Gasteiger partial charge in [0.25, 0.3) is 0 Å². The highest BCUT2D eigenvalue weighted by Gasteiger charge is 2.22. The van der Waals surface area contributed by atoms with Gasteiger partial charge in [0.15, 0.2) is 0 Å². The van der Waals surface area contributed by atoms with Gasteiger partial charge in [-0.15, -0.1) is 0 Å². The van der Waals surface area contributed by atoms with Crippen molar-refractivity contribution in [1.82, 2.24) is 19.8 Å². The van der Waals surface area contributed by atoms with E-state index in [0.29, 0.717) is 6.54 Å². The molecule has 1 amide bonds. The summed E-state index contributed by atoms with van der Waals surface area (Å²) in [5.74, 6) is -0.0216. The zero-order chi connectivity index (χ0) is 26.5. The fourth-order valence-corrected chi connectivity index (χ4v) is 4.42. The smallest absolute Gasteiger partial charge is 0.246 e. The number of amides is 1. The van der Waals surface area contributed by atoms with Gasteiger partial charge in [-0.1, -0.05) is 61.2 Å². The lowest BCUT2D eigenvalue weighted by Crippen LogP contribution is -2.43. The van der Waals surface area contributed by atoms with E-state index in [9.17, 15) is 4.79 Å². The minimum absolute atomic E-state index is 0.0216. The lowest BCUT2D eigenvalue weighted by molar-refractivity contribution is -0.131. The van der Waals surface area contributed by atoms with Gasteiger partial charge in [-0.2, -0.15) is 0 Å². The number of rotatable bonds is 9. The van der Waals surface area contributed by atoms with Gasteiger partial charge in [-0.25, -0.2) is 0 Å². The molecule has 4 aromatic rings. The highest BCUT2D eigenvalue weighted by molar-refractivity contribution is 6.02. The van der Waals surface area contributed by atoms with Crippen molar-refractivity contribution in [3.8, 4) is 11.1 Å². The summed E-state index contributed by atoms with van der Waals surface area (Å²) in [6.07, 6.45) is 1.87. The average Bonchev–Trinajstić information content (AvgIpc) is 3.37. The molecule has 2 aromatic heterocycles. The summed E-state index contributed by atoms with van der Waals surface area (Å²) in [4.78, 5) is 29.6. The lowest BCUT2D eigenvalue weighted by atomic mass is 10.1. The molecule has 0 aliphatic rings. The number of likely N-dealkylation sites (N-methyl/N-ethyl adjacent to an activating group) is 2. The minimum atomic E-state index is -0.482. The van der Waals surface area contributed by atoms with Crippen molar-refractivity contribution >= 4 is 28.2 Å². The Labute approximate surface area is 219 Å².